The first-order valence-electron chi connectivity index (χ1n) is 10.4. The monoisotopic (exact) mass is 415 g/mol. The smallest absolute Gasteiger partial charge is 0.243 e. The van der Waals surface area contributed by atoms with Gasteiger partial charge >= 0.3 is 0 Å². The Balaban J connectivity index is 1.32. The van der Waals surface area contributed by atoms with E-state index in [0.717, 1.165) is 23.5 Å². The molecule has 0 unspecified atom stereocenters. The SMILES string of the molecule is Cc1ccc(Oc2ccc(NC(=O)CNc3ccccc3N3CCCC3=O)cc2)cc1. The van der Waals surface area contributed by atoms with Gasteiger partial charge in [0.1, 0.15) is 11.5 Å². The predicted octanol–water partition coefficient (Wildman–Crippen LogP) is 4.96. The van der Waals surface area contributed by atoms with Crippen LogP contribution in [0.2, 0.25) is 0 Å². The standard InChI is InChI=1S/C25H25N3O3/c1-18-8-12-20(13-9-18)31-21-14-10-19(11-15-21)27-24(29)17-26-22-5-2-3-6-23(22)28-16-4-7-25(28)30/h2-3,5-6,8-15,26H,4,7,16-17H2,1H3,(H,27,29). The average molecular weight is 415 g/mol. The summed E-state index contributed by atoms with van der Waals surface area (Å²) in [5.74, 6) is 1.41. The zero-order valence-corrected chi connectivity index (χ0v) is 17.4. The molecule has 4 rings (SSSR count). The highest BCUT2D eigenvalue weighted by molar-refractivity contribution is 5.99. The Labute approximate surface area is 181 Å². The first kappa shape index (κ1) is 20.5. The van der Waals surface area contributed by atoms with Gasteiger partial charge in [-0.2, -0.15) is 0 Å². The van der Waals surface area contributed by atoms with Crippen LogP contribution in [-0.2, 0) is 9.59 Å². The van der Waals surface area contributed by atoms with Crippen molar-refractivity contribution in [2.45, 2.75) is 19.8 Å². The molecule has 6 heteroatoms. The van der Waals surface area contributed by atoms with E-state index < -0.39 is 0 Å². The van der Waals surface area contributed by atoms with Gasteiger partial charge in [-0.25, -0.2) is 0 Å². The number of anilines is 3. The highest BCUT2D eigenvalue weighted by atomic mass is 16.5. The van der Waals surface area contributed by atoms with E-state index in [2.05, 4.69) is 10.6 Å². The summed E-state index contributed by atoms with van der Waals surface area (Å²) in [6, 6.07) is 22.6. The molecular formula is C25H25N3O3. The fourth-order valence-corrected chi connectivity index (χ4v) is 3.49. The van der Waals surface area contributed by atoms with Crippen LogP contribution in [0.5, 0.6) is 11.5 Å². The highest BCUT2D eigenvalue weighted by Gasteiger charge is 2.23. The van der Waals surface area contributed by atoms with Crippen LogP contribution >= 0.6 is 0 Å². The number of carbonyl (C=O) groups excluding carboxylic acids is 2. The van der Waals surface area contributed by atoms with Crippen molar-refractivity contribution in [3.63, 3.8) is 0 Å². The van der Waals surface area contributed by atoms with Gasteiger partial charge in [0.05, 0.1) is 17.9 Å². The molecule has 0 atom stereocenters. The summed E-state index contributed by atoms with van der Waals surface area (Å²) in [5.41, 5.74) is 3.45. The summed E-state index contributed by atoms with van der Waals surface area (Å²) in [7, 11) is 0. The van der Waals surface area contributed by atoms with E-state index in [1.54, 1.807) is 17.0 Å². The van der Waals surface area contributed by atoms with Crippen LogP contribution < -0.4 is 20.3 Å². The summed E-state index contributed by atoms with van der Waals surface area (Å²) in [4.78, 5) is 26.2. The van der Waals surface area contributed by atoms with E-state index in [-0.39, 0.29) is 18.4 Å². The molecule has 2 N–H and O–H groups in total. The van der Waals surface area contributed by atoms with Gasteiger partial charge in [-0.05, 0) is 61.9 Å². The molecule has 6 nitrogen and oxygen atoms in total. The molecule has 0 radical (unpaired) electrons. The van der Waals surface area contributed by atoms with E-state index in [4.69, 9.17) is 4.74 Å². The molecule has 1 fully saturated rings. The topological polar surface area (TPSA) is 70.7 Å². The van der Waals surface area contributed by atoms with Gasteiger partial charge in [0.15, 0.2) is 0 Å². The van der Waals surface area contributed by atoms with Gasteiger partial charge in [-0.3, -0.25) is 9.59 Å². The van der Waals surface area contributed by atoms with Gasteiger partial charge in [0.25, 0.3) is 0 Å². The minimum atomic E-state index is -0.172. The van der Waals surface area contributed by atoms with Crippen LogP contribution in [0.4, 0.5) is 17.1 Å². The van der Waals surface area contributed by atoms with E-state index >= 15 is 0 Å². The van der Waals surface area contributed by atoms with Gasteiger partial charge in [-0.1, -0.05) is 29.8 Å². The summed E-state index contributed by atoms with van der Waals surface area (Å²) < 4.78 is 5.81. The van der Waals surface area contributed by atoms with E-state index in [9.17, 15) is 9.59 Å². The number of ether oxygens (including phenoxy) is 1. The fraction of sp³-hybridized carbons (Fsp3) is 0.200. The molecule has 2 amide bonds. The van der Waals surface area contributed by atoms with Gasteiger partial charge in [-0.15, -0.1) is 0 Å². The Hall–Kier alpha value is -3.80. The van der Waals surface area contributed by atoms with Crippen LogP contribution in [0, 0.1) is 6.92 Å². The molecular weight excluding hydrogens is 390 g/mol. The number of rotatable bonds is 7. The van der Waals surface area contributed by atoms with Gasteiger partial charge in [0, 0.05) is 18.7 Å². The van der Waals surface area contributed by atoms with Crippen LogP contribution in [0.1, 0.15) is 18.4 Å². The zero-order valence-electron chi connectivity index (χ0n) is 17.4. The third-order valence-electron chi connectivity index (χ3n) is 5.10. The Morgan fingerprint density at radius 3 is 2.32 bits per heavy atom. The van der Waals surface area contributed by atoms with Crippen LogP contribution in [0.15, 0.2) is 72.8 Å². The number of hydrogen-bond donors (Lipinski definition) is 2. The summed E-state index contributed by atoms with van der Waals surface area (Å²) >= 11 is 0. The minimum absolute atomic E-state index is 0.0979. The number of nitrogens with zero attached hydrogens (tertiary/aromatic N) is 1. The summed E-state index contributed by atoms with van der Waals surface area (Å²) in [6.07, 6.45) is 1.43. The van der Waals surface area contributed by atoms with Crippen LogP contribution in [-0.4, -0.2) is 24.9 Å². The number of carbonyl (C=O) groups is 2. The van der Waals surface area contributed by atoms with Crippen molar-refractivity contribution in [2.24, 2.45) is 0 Å². The van der Waals surface area contributed by atoms with Crippen LogP contribution in [0.25, 0.3) is 0 Å². The van der Waals surface area contributed by atoms with Crippen molar-refractivity contribution < 1.29 is 14.3 Å². The van der Waals surface area contributed by atoms with Crippen molar-refractivity contribution in [3.8, 4) is 11.5 Å². The summed E-state index contributed by atoms with van der Waals surface area (Å²) in [6.45, 7) is 2.84. The van der Waals surface area contributed by atoms with Crippen molar-refractivity contribution in [2.75, 3.05) is 28.6 Å². The quantitative estimate of drug-likeness (QED) is 0.572. The third kappa shape index (κ3) is 5.22. The van der Waals surface area contributed by atoms with Crippen molar-refractivity contribution >= 4 is 28.9 Å². The second-order valence-electron chi connectivity index (χ2n) is 7.51. The molecule has 1 aliphatic rings. The van der Waals surface area contributed by atoms with E-state index in [0.29, 0.717) is 24.4 Å². The largest absolute Gasteiger partial charge is 0.457 e. The molecule has 0 aromatic heterocycles. The number of amides is 2. The van der Waals surface area contributed by atoms with E-state index in [1.807, 2.05) is 67.6 Å². The second-order valence-corrected chi connectivity index (χ2v) is 7.51. The molecule has 3 aromatic rings. The van der Waals surface area contributed by atoms with Crippen molar-refractivity contribution in [1.82, 2.24) is 0 Å². The fourth-order valence-electron chi connectivity index (χ4n) is 3.49. The number of benzene rings is 3. The lowest BCUT2D eigenvalue weighted by Crippen LogP contribution is -2.26. The summed E-state index contributed by atoms with van der Waals surface area (Å²) in [5, 5.41) is 6.02. The lowest BCUT2D eigenvalue weighted by molar-refractivity contribution is -0.117. The number of para-hydroxylation sites is 2. The normalized spacial score (nSPS) is 13.2. The first-order valence-corrected chi connectivity index (χ1v) is 10.4. The van der Waals surface area contributed by atoms with Gasteiger partial charge < -0.3 is 20.3 Å². The number of aryl methyl sites for hydroxylation is 1. The molecule has 0 saturated carbocycles. The lowest BCUT2D eigenvalue weighted by atomic mass is 10.2. The molecule has 31 heavy (non-hydrogen) atoms. The molecule has 0 bridgehead atoms. The van der Waals surface area contributed by atoms with Crippen molar-refractivity contribution in [1.29, 1.82) is 0 Å². The highest BCUT2D eigenvalue weighted by Crippen LogP contribution is 2.29. The Kier molecular flexibility index (Phi) is 6.17. The Bertz CT molecular complexity index is 1060. The molecule has 158 valence electrons. The number of nitrogens with one attached hydrogen (secondary N) is 2. The lowest BCUT2D eigenvalue weighted by Gasteiger charge is -2.20. The minimum Gasteiger partial charge on any atom is -0.457 e. The molecule has 0 spiro atoms. The maximum absolute atomic E-state index is 12.4. The predicted molar refractivity (Wildman–Crippen MR) is 123 cm³/mol. The zero-order chi connectivity index (χ0) is 21.6. The maximum atomic E-state index is 12.4. The Morgan fingerprint density at radius 2 is 1.65 bits per heavy atom. The molecule has 0 aliphatic carbocycles. The number of hydrogen-bond acceptors (Lipinski definition) is 4. The second kappa shape index (κ2) is 9.34. The maximum Gasteiger partial charge on any atom is 0.243 e. The average Bonchev–Trinajstić information content (AvgIpc) is 3.21. The van der Waals surface area contributed by atoms with Gasteiger partial charge in [0.2, 0.25) is 11.8 Å². The third-order valence-corrected chi connectivity index (χ3v) is 5.10. The molecule has 1 saturated heterocycles. The molecule has 1 heterocycles. The molecule has 3 aromatic carbocycles. The first-order chi connectivity index (χ1) is 15.1. The van der Waals surface area contributed by atoms with E-state index in [1.165, 1.54) is 5.56 Å². The Morgan fingerprint density at radius 1 is 0.968 bits per heavy atom. The van der Waals surface area contributed by atoms with Crippen LogP contribution in [0.3, 0.4) is 0 Å². The molecule has 1 aliphatic heterocycles. The van der Waals surface area contributed by atoms with Crippen molar-refractivity contribution in [3.05, 3.63) is 78.4 Å².